The summed E-state index contributed by atoms with van der Waals surface area (Å²) in [6.07, 6.45) is -0.129. The molecule has 0 bridgehead atoms. The second-order valence-corrected chi connectivity index (χ2v) is 4.83. The number of alkyl halides is 1. The van der Waals surface area contributed by atoms with Crippen molar-refractivity contribution in [1.29, 1.82) is 0 Å². The zero-order valence-corrected chi connectivity index (χ0v) is 11.3. The average molecular weight is 276 g/mol. The Morgan fingerprint density at radius 3 is 2.47 bits per heavy atom. The van der Waals surface area contributed by atoms with Crippen LogP contribution in [0, 0.1) is 0 Å². The van der Waals surface area contributed by atoms with Crippen LogP contribution in [-0.2, 0) is 4.79 Å². The number of hydrogen-bond acceptors (Lipinski definition) is 2. The molecule has 0 fully saturated rings. The zero-order valence-electron chi connectivity index (χ0n) is 9.74. The molecule has 0 saturated heterocycles. The molecule has 0 aromatic heterocycles. The number of benzene rings is 1. The normalized spacial score (nSPS) is 13.9. The summed E-state index contributed by atoms with van der Waals surface area (Å²) in [6, 6.07) is 7.07. The van der Waals surface area contributed by atoms with Crippen LogP contribution >= 0.6 is 23.2 Å². The molecule has 3 nitrogen and oxygen atoms in total. The topological polar surface area (TPSA) is 38.3 Å². The molecule has 1 aromatic carbocycles. The largest absolute Gasteiger partial charge is 0.489 e. The third-order valence-corrected chi connectivity index (χ3v) is 2.53. The Morgan fingerprint density at radius 1 is 1.35 bits per heavy atom. The Balaban J connectivity index is 2.37. The van der Waals surface area contributed by atoms with Crippen LogP contribution in [0.5, 0.6) is 5.75 Å². The van der Waals surface area contributed by atoms with E-state index in [1.165, 1.54) is 0 Å². The lowest BCUT2D eigenvalue weighted by molar-refractivity contribution is -0.120. The minimum absolute atomic E-state index is 0.129. The first-order chi connectivity index (χ1) is 7.99. The molecule has 1 aromatic rings. The van der Waals surface area contributed by atoms with Crippen LogP contribution in [0.15, 0.2) is 24.3 Å². The molecule has 1 N–H and O–H groups in total. The van der Waals surface area contributed by atoms with Crippen LogP contribution in [-0.4, -0.2) is 23.9 Å². The van der Waals surface area contributed by atoms with Gasteiger partial charge in [-0.3, -0.25) is 4.79 Å². The van der Waals surface area contributed by atoms with Crippen molar-refractivity contribution < 1.29 is 9.53 Å². The van der Waals surface area contributed by atoms with Crippen molar-refractivity contribution in [2.24, 2.45) is 0 Å². The van der Waals surface area contributed by atoms with Crippen molar-refractivity contribution in [3.05, 3.63) is 29.3 Å². The van der Waals surface area contributed by atoms with E-state index in [1.807, 2.05) is 6.92 Å². The second kappa shape index (κ2) is 6.72. The zero-order chi connectivity index (χ0) is 12.8. The molecule has 2 atom stereocenters. The summed E-state index contributed by atoms with van der Waals surface area (Å²) in [5.74, 6) is 0.522. The average Bonchev–Trinajstić information content (AvgIpc) is 2.29. The SMILES string of the molecule is CC(CNC(=O)C(C)Cl)Oc1ccc(Cl)cc1. The van der Waals surface area contributed by atoms with E-state index in [1.54, 1.807) is 31.2 Å². The molecule has 1 amide bonds. The minimum atomic E-state index is -0.530. The number of carbonyl (C=O) groups is 1. The number of hydrogen-bond donors (Lipinski definition) is 1. The molecule has 5 heteroatoms. The fourth-order valence-corrected chi connectivity index (χ4v) is 1.38. The van der Waals surface area contributed by atoms with E-state index in [9.17, 15) is 4.79 Å². The van der Waals surface area contributed by atoms with Crippen molar-refractivity contribution in [3.63, 3.8) is 0 Å². The predicted octanol–water partition coefficient (Wildman–Crippen LogP) is 2.85. The van der Waals surface area contributed by atoms with Gasteiger partial charge in [0.1, 0.15) is 17.2 Å². The summed E-state index contributed by atoms with van der Waals surface area (Å²) in [5.41, 5.74) is 0. The lowest BCUT2D eigenvalue weighted by Gasteiger charge is -2.16. The molecule has 0 spiro atoms. The van der Waals surface area contributed by atoms with E-state index in [2.05, 4.69) is 5.32 Å². The molecule has 0 radical (unpaired) electrons. The maximum Gasteiger partial charge on any atom is 0.237 e. The van der Waals surface area contributed by atoms with E-state index in [4.69, 9.17) is 27.9 Å². The van der Waals surface area contributed by atoms with Crippen molar-refractivity contribution in [1.82, 2.24) is 5.32 Å². The molecule has 17 heavy (non-hydrogen) atoms. The molecule has 0 aliphatic rings. The van der Waals surface area contributed by atoms with Crippen molar-refractivity contribution in [2.75, 3.05) is 6.54 Å². The molecule has 1 rings (SSSR count). The maximum atomic E-state index is 11.2. The van der Waals surface area contributed by atoms with Gasteiger partial charge in [0.2, 0.25) is 5.91 Å². The van der Waals surface area contributed by atoms with Gasteiger partial charge < -0.3 is 10.1 Å². The molecule has 94 valence electrons. The Hall–Kier alpha value is -0.930. The van der Waals surface area contributed by atoms with Gasteiger partial charge in [-0.05, 0) is 38.1 Å². The number of carbonyl (C=O) groups excluding carboxylic acids is 1. The first-order valence-corrected chi connectivity index (χ1v) is 6.14. The highest BCUT2D eigenvalue weighted by molar-refractivity contribution is 6.30. The number of nitrogens with one attached hydrogen (secondary N) is 1. The van der Waals surface area contributed by atoms with E-state index < -0.39 is 5.38 Å². The number of halogens is 2. The highest BCUT2D eigenvalue weighted by Crippen LogP contribution is 2.16. The standard InChI is InChI=1S/C12H15Cl2NO2/c1-8(7-15-12(16)9(2)13)17-11-5-3-10(14)4-6-11/h3-6,8-9H,7H2,1-2H3,(H,15,16). The fourth-order valence-electron chi connectivity index (χ4n) is 1.17. The van der Waals surface area contributed by atoms with Crippen molar-refractivity contribution in [3.8, 4) is 5.75 Å². The van der Waals surface area contributed by atoms with Crippen molar-refractivity contribution in [2.45, 2.75) is 25.3 Å². The van der Waals surface area contributed by atoms with Crippen molar-refractivity contribution >= 4 is 29.1 Å². The summed E-state index contributed by atoms with van der Waals surface area (Å²) in [6.45, 7) is 3.91. The quantitative estimate of drug-likeness (QED) is 0.840. The third kappa shape index (κ3) is 5.29. The molecule has 0 aliphatic heterocycles. The Kier molecular flexibility index (Phi) is 5.59. The van der Waals surface area contributed by atoms with Gasteiger partial charge in [0.25, 0.3) is 0 Å². The Labute approximate surface area is 111 Å². The summed E-state index contributed by atoms with van der Waals surface area (Å²) in [4.78, 5) is 11.2. The molecular formula is C12H15Cl2NO2. The third-order valence-electron chi connectivity index (χ3n) is 2.08. The summed E-state index contributed by atoms with van der Waals surface area (Å²) in [5, 5.41) is 2.82. The van der Waals surface area contributed by atoms with Gasteiger partial charge in [-0.1, -0.05) is 11.6 Å². The summed E-state index contributed by atoms with van der Waals surface area (Å²) < 4.78 is 5.58. The van der Waals surface area contributed by atoms with Crippen LogP contribution in [0.1, 0.15) is 13.8 Å². The highest BCUT2D eigenvalue weighted by atomic mass is 35.5. The van der Waals surface area contributed by atoms with E-state index in [-0.39, 0.29) is 12.0 Å². The Morgan fingerprint density at radius 2 is 1.94 bits per heavy atom. The number of ether oxygens (including phenoxy) is 1. The lowest BCUT2D eigenvalue weighted by atomic mass is 10.3. The van der Waals surface area contributed by atoms with Gasteiger partial charge >= 0.3 is 0 Å². The highest BCUT2D eigenvalue weighted by Gasteiger charge is 2.11. The minimum Gasteiger partial charge on any atom is -0.489 e. The summed E-state index contributed by atoms with van der Waals surface area (Å²) >= 11 is 11.4. The second-order valence-electron chi connectivity index (χ2n) is 3.74. The molecule has 2 unspecified atom stereocenters. The Bertz CT molecular complexity index is 365. The van der Waals surface area contributed by atoms with Crippen LogP contribution in [0.25, 0.3) is 0 Å². The van der Waals surface area contributed by atoms with Crippen LogP contribution in [0.3, 0.4) is 0 Å². The first kappa shape index (κ1) is 14.1. The van der Waals surface area contributed by atoms with E-state index in [0.29, 0.717) is 11.6 Å². The van der Waals surface area contributed by atoms with Gasteiger partial charge in [0.05, 0.1) is 6.54 Å². The monoisotopic (exact) mass is 275 g/mol. The predicted molar refractivity (Wildman–Crippen MR) is 69.9 cm³/mol. The fraction of sp³-hybridized carbons (Fsp3) is 0.417. The van der Waals surface area contributed by atoms with Gasteiger partial charge in [-0.2, -0.15) is 0 Å². The lowest BCUT2D eigenvalue weighted by Crippen LogP contribution is -2.36. The number of rotatable bonds is 5. The smallest absolute Gasteiger partial charge is 0.237 e. The molecule has 0 saturated carbocycles. The number of amides is 1. The molecule has 0 heterocycles. The van der Waals surface area contributed by atoms with Crippen LogP contribution < -0.4 is 10.1 Å². The van der Waals surface area contributed by atoms with Gasteiger partial charge in [0.15, 0.2) is 0 Å². The van der Waals surface area contributed by atoms with Crippen LogP contribution in [0.2, 0.25) is 5.02 Å². The molecular weight excluding hydrogens is 261 g/mol. The van der Waals surface area contributed by atoms with Gasteiger partial charge in [-0.15, -0.1) is 11.6 Å². The van der Waals surface area contributed by atoms with Crippen LogP contribution in [0.4, 0.5) is 0 Å². The van der Waals surface area contributed by atoms with E-state index >= 15 is 0 Å². The first-order valence-electron chi connectivity index (χ1n) is 5.33. The molecule has 0 aliphatic carbocycles. The van der Waals surface area contributed by atoms with E-state index in [0.717, 1.165) is 5.75 Å². The summed E-state index contributed by atoms with van der Waals surface area (Å²) in [7, 11) is 0. The van der Waals surface area contributed by atoms with Gasteiger partial charge in [-0.25, -0.2) is 0 Å². The van der Waals surface area contributed by atoms with Gasteiger partial charge in [0, 0.05) is 5.02 Å². The maximum absolute atomic E-state index is 11.2.